The Hall–Kier alpha value is -4.14. The Labute approximate surface area is 173 Å². The minimum absolute atomic E-state index is 0.166. The van der Waals surface area contributed by atoms with Crippen LogP contribution in [-0.2, 0) is 11.8 Å². The van der Waals surface area contributed by atoms with Crippen molar-refractivity contribution in [3.8, 4) is 5.88 Å². The highest BCUT2D eigenvalue weighted by molar-refractivity contribution is 6.07. The number of benzene rings is 2. The lowest BCUT2D eigenvalue weighted by molar-refractivity contribution is -0.114. The molecular formula is C21H21N5O4. The molecular weight excluding hydrogens is 386 g/mol. The molecule has 30 heavy (non-hydrogen) atoms. The molecule has 154 valence electrons. The van der Waals surface area contributed by atoms with Gasteiger partial charge >= 0.3 is 0 Å². The molecule has 0 saturated heterocycles. The normalized spacial score (nSPS) is 10.2. The molecule has 0 aliphatic rings. The zero-order chi connectivity index (χ0) is 21.7. The Morgan fingerprint density at radius 3 is 1.87 bits per heavy atom. The molecule has 0 bridgehead atoms. The highest BCUT2D eigenvalue weighted by atomic mass is 16.5. The fourth-order valence-electron chi connectivity index (χ4n) is 2.72. The number of methoxy groups -OCH3 is 1. The minimum Gasteiger partial charge on any atom is -0.479 e. The first kappa shape index (κ1) is 20.6. The monoisotopic (exact) mass is 407 g/mol. The van der Waals surface area contributed by atoms with Gasteiger partial charge in [-0.3, -0.25) is 19.1 Å². The van der Waals surface area contributed by atoms with Crippen molar-refractivity contribution in [1.82, 2.24) is 9.78 Å². The molecule has 3 amide bonds. The fraction of sp³-hybridized carbons (Fsp3) is 0.143. The van der Waals surface area contributed by atoms with Crippen molar-refractivity contribution < 1.29 is 19.1 Å². The lowest BCUT2D eigenvalue weighted by atomic mass is 10.1. The maximum atomic E-state index is 12.4. The van der Waals surface area contributed by atoms with Crippen molar-refractivity contribution in [3.05, 3.63) is 65.9 Å². The Kier molecular flexibility index (Phi) is 6.11. The van der Waals surface area contributed by atoms with Crippen molar-refractivity contribution in [2.75, 3.05) is 23.1 Å². The molecule has 9 heteroatoms. The van der Waals surface area contributed by atoms with Gasteiger partial charge in [-0.05, 0) is 48.5 Å². The molecule has 0 unspecified atom stereocenters. The largest absolute Gasteiger partial charge is 0.479 e. The first-order chi connectivity index (χ1) is 14.4. The number of carbonyl (C=O) groups excluding carboxylic acids is 3. The quantitative estimate of drug-likeness (QED) is 0.581. The SMILES string of the molecule is COc1nn(C)cc1C(=O)Nc1ccc(C(=O)Nc2ccc(NC(C)=O)cc2)cc1. The summed E-state index contributed by atoms with van der Waals surface area (Å²) in [5.41, 5.74) is 2.51. The summed E-state index contributed by atoms with van der Waals surface area (Å²) in [6.07, 6.45) is 1.56. The van der Waals surface area contributed by atoms with Gasteiger partial charge < -0.3 is 20.7 Å². The number of nitrogens with zero attached hydrogens (tertiary/aromatic N) is 2. The molecule has 0 aliphatic carbocycles. The van der Waals surface area contributed by atoms with E-state index in [1.54, 1.807) is 61.8 Å². The number of carbonyl (C=O) groups is 3. The molecule has 2 aromatic carbocycles. The van der Waals surface area contributed by atoms with Crippen LogP contribution >= 0.6 is 0 Å². The van der Waals surface area contributed by atoms with Crippen molar-refractivity contribution >= 4 is 34.8 Å². The standard InChI is InChI=1S/C21H21N5O4/c1-13(27)22-15-8-10-17(11-9-15)23-19(28)14-4-6-16(7-5-14)24-20(29)18-12-26(2)25-21(18)30-3/h4-12H,1-3H3,(H,22,27)(H,23,28)(H,24,29). The topological polar surface area (TPSA) is 114 Å². The van der Waals surface area contributed by atoms with Gasteiger partial charge in [-0.15, -0.1) is 5.10 Å². The highest BCUT2D eigenvalue weighted by Crippen LogP contribution is 2.19. The van der Waals surface area contributed by atoms with Crippen molar-refractivity contribution in [2.45, 2.75) is 6.92 Å². The van der Waals surface area contributed by atoms with E-state index in [1.165, 1.54) is 18.7 Å². The van der Waals surface area contributed by atoms with Gasteiger partial charge in [0.1, 0.15) is 5.56 Å². The molecule has 3 N–H and O–H groups in total. The van der Waals surface area contributed by atoms with Gasteiger partial charge in [0.2, 0.25) is 11.8 Å². The van der Waals surface area contributed by atoms with Gasteiger partial charge in [0.05, 0.1) is 7.11 Å². The van der Waals surface area contributed by atoms with Crippen LogP contribution in [0.15, 0.2) is 54.7 Å². The van der Waals surface area contributed by atoms with Crippen LogP contribution in [0.2, 0.25) is 0 Å². The third-order valence-electron chi connectivity index (χ3n) is 4.10. The van der Waals surface area contributed by atoms with E-state index >= 15 is 0 Å². The summed E-state index contributed by atoms with van der Waals surface area (Å²) in [4.78, 5) is 35.9. The van der Waals surface area contributed by atoms with E-state index in [9.17, 15) is 14.4 Å². The van der Waals surface area contributed by atoms with Gasteiger partial charge in [-0.25, -0.2) is 0 Å². The van der Waals surface area contributed by atoms with Crippen LogP contribution in [0.25, 0.3) is 0 Å². The summed E-state index contributed by atoms with van der Waals surface area (Å²) in [6.45, 7) is 1.43. The van der Waals surface area contributed by atoms with Crippen LogP contribution in [0.5, 0.6) is 5.88 Å². The molecule has 1 heterocycles. The lowest BCUT2D eigenvalue weighted by Crippen LogP contribution is -2.14. The molecule has 9 nitrogen and oxygen atoms in total. The molecule has 3 rings (SSSR count). The second-order valence-electron chi connectivity index (χ2n) is 6.47. The number of anilines is 3. The molecule has 0 spiro atoms. The van der Waals surface area contributed by atoms with Crippen LogP contribution in [0.1, 0.15) is 27.6 Å². The van der Waals surface area contributed by atoms with Crippen LogP contribution in [0, 0.1) is 0 Å². The number of rotatable bonds is 6. The lowest BCUT2D eigenvalue weighted by Gasteiger charge is -2.08. The molecule has 0 aliphatic heterocycles. The number of nitrogens with one attached hydrogen (secondary N) is 3. The summed E-state index contributed by atoms with van der Waals surface area (Å²) in [7, 11) is 3.14. The zero-order valence-corrected chi connectivity index (χ0v) is 16.7. The summed E-state index contributed by atoms with van der Waals surface area (Å²) in [5.74, 6) is -0.595. The molecule has 0 saturated carbocycles. The molecule has 0 fully saturated rings. The van der Waals surface area contributed by atoms with Crippen LogP contribution < -0.4 is 20.7 Å². The number of aryl methyl sites for hydroxylation is 1. The van der Waals surface area contributed by atoms with E-state index in [0.29, 0.717) is 28.2 Å². The maximum absolute atomic E-state index is 12.4. The van der Waals surface area contributed by atoms with Gasteiger partial charge in [0, 0.05) is 42.8 Å². The first-order valence-corrected chi connectivity index (χ1v) is 9.04. The van der Waals surface area contributed by atoms with E-state index < -0.39 is 0 Å². The Balaban J connectivity index is 1.62. The number of ether oxygens (including phenoxy) is 1. The number of aromatic nitrogens is 2. The van der Waals surface area contributed by atoms with E-state index in [0.717, 1.165) is 0 Å². The van der Waals surface area contributed by atoms with E-state index in [4.69, 9.17) is 4.74 Å². The molecule has 1 aromatic heterocycles. The van der Waals surface area contributed by atoms with Gasteiger partial charge in [0.25, 0.3) is 11.8 Å². The predicted octanol–water partition coefficient (Wildman–Crippen LogP) is 2.89. The van der Waals surface area contributed by atoms with Crippen LogP contribution in [0.4, 0.5) is 17.1 Å². The number of hydrogen-bond donors (Lipinski definition) is 3. The van der Waals surface area contributed by atoms with E-state index in [2.05, 4.69) is 21.0 Å². The zero-order valence-electron chi connectivity index (χ0n) is 16.7. The third-order valence-corrected chi connectivity index (χ3v) is 4.10. The highest BCUT2D eigenvalue weighted by Gasteiger charge is 2.16. The number of hydrogen-bond acceptors (Lipinski definition) is 5. The van der Waals surface area contributed by atoms with Crippen molar-refractivity contribution in [1.29, 1.82) is 0 Å². The summed E-state index contributed by atoms with van der Waals surface area (Å²) in [6, 6.07) is 13.3. The third kappa shape index (κ3) is 5.02. The maximum Gasteiger partial charge on any atom is 0.262 e. The average Bonchev–Trinajstić information content (AvgIpc) is 3.10. The van der Waals surface area contributed by atoms with E-state index in [-0.39, 0.29) is 23.6 Å². The second-order valence-corrected chi connectivity index (χ2v) is 6.47. The Bertz CT molecular complexity index is 1070. The fourth-order valence-corrected chi connectivity index (χ4v) is 2.72. The summed E-state index contributed by atoms with van der Waals surface area (Å²) < 4.78 is 6.58. The Morgan fingerprint density at radius 1 is 0.833 bits per heavy atom. The molecule has 0 atom stereocenters. The smallest absolute Gasteiger partial charge is 0.262 e. The van der Waals surface area contributed by atoms with E-state index in [1.807, 2.05) is 0 Å². The first-order valence-electron chi connectivity index (χ1n) is 9.04. The molecule has 3 aromatic rings. The van der Waals surface area contributed by atoms with Crippen LogP contribution in [0.3, 0.4) is 0 Å². The Morgan fingerprint density at radius 2 is 1.33 bits per heavy atom. The molecule has 0 radical (unpaired) electrons. The summed E-state index contributed by atoms with van der Waals surface area (Å²) >= 11 is 0. The minimum atomic E-state index is -0.364. The van der Waals surface area contributed by atoms with Crippen LogP contribution in [-0.4, -0.2) is 34.6 Å². The average molecular weight is 407 g/mol. The van der Waals surface area contributed by atoms with Crippen molar-refractivity contribution in [2.24, 2.45) is 7.05 Å². The van der Waals surface area contributed by atoms with Gasteiger partial charge in [-0.2, -0.15) is 0 Å². The summed E-state index contributed by atoms with van der Waals surface area (Å²) in [5, 5.41) is 12.2. The van der Waals surface area contributed by atoms with Gasteiger partial charge in [0.15, 0.2) is 0 Å². The van der Waals surface area contributed by atoms with Crippen molar-refractivity contribution in [3.63, 3.8) is 0 Å². The number of amides is 3. The predicted molar refractivity (Wildman–Crippen MR) is 113 cm³/mol. The van der Waals surface area contributed by atoms with Gasteiger partial charge in [-0.1, -0.05) is 0 Å². The second kappa shape index (κ2) is 8.91.